The normalized spacial score (nSPS) is 37.1. The topological polar surface area (TPSA) is 60.0 Å². The minimum Gasteiger partial charge on any atom is -0.497 e. The molecule has 4 saturated heterocycles. The molecular formula is C38H44N2O4. The molecule has 9 atom stereocenters. The number of methoxy groups -OCH3 is 1. The maximum Gasteiger partial charge on any atom is 0.234 e. The van der Waals surface area contributed by atoms with Gasteiger partial charge in [0.05, 0.1) is 31.3 Å². The number of carbonyl (C=O) groups excluding carboxylic acids is 1. The SMILES string of the molecule is COc1ccc(N2C(=O)[C@H]3[C@H](c4ccccc4)[C@@H]4CC[C@]3(O4)[C@@H]2c2ccccc2[C@H]2NC(C)(C)[C@@H]3CC[C@@H](C)C[C@H]3O2)cc1. The van der Waals surface area contributed by atoms with E-state index in [9.17, 15) is 4.79 Å². The van der Waals surface area contributed by atoms with Crippen LogP contribution in [0.25, 0.3) is 0 Å². The second-order valence-corrected chi connectivity index (χ2v) is 14.4. The number of hydrogen-bond acceptors (Lipinski definition) is 5. The number of nitrogens with one attached hydrogen (secondary N) is 1. The van der Waals surface area contributed by atoms with Gasteiger partial charge >= 0.3 is 0 Å². The van der Waals surface area contributed by atoms with Crippen molar-refractivity contribution >= 4 is 11.6 Å². The van der Waals surface area contributed by atoms with Crippen LogP contribution in [-0.4, -0.2) is 36.4 Å². The standard InChI is InChI=1S/C38H44N2O4/c1-23-14-19-29-31(22-23)43-35(39-37(29,2)3)28-13-9-8-12-27(28)34-38-21-20-30(44-38)32(24-10-6-5-7-11-24)33(38)36(41)40(34)25-15-17-26(42-4)18-16-25/h5-13,15-18,23,29-35,39H,14,19-22H2,1-4H3/t23-,29-,30+,31-,32-,33-,34+,35+,38-/m1/s1. The number of nitrogens with zero attached hydrogens (tertiary/aromatic N) is 1. The zero-order valence-corrected chi connectivity index (χ0v) is 26.2. The molecule has 6 heteroatoms. The molecule has 230 valence electrons. The Morgan fingerprint density at radius 3 is 2.36 bits per heavy atom. The van der Waals surface area contributed by atoms with Gasteiger partial charge in [-0.3, -0.25) is 10.1 Å². The molecule has 3 aromatic carbocycles. The summed E-state index contributed by atoms with van der Waals surface area (Å²) in [7, 11) is 1.67. The molecule has 1 spiro atoms. The zero-order valence-electron chi connectivity index (χ0n) is 26.2. The molecule has 0 radical (unpaired) electrons. The number of ether oxygens (including phenoxy) is 3. The van der Waals surface area contributed by atoms with E-state index in [-0.39, 0.29) is 47.8 Å². The number of rotatable bonds is 5. The highest BCUT2D eigenvalue weighted by molar-refractivity contribution is 6.01. The molecule has 1 amide bonds. The first-order chi connectivity index (χ1) is 21.3. The summed E-state index contributed by atoms with van der Waals surface area (Å²) in [5.41, 5.74) is 3.60. The fraction of sp³-hybridized carbons (Fsp3) is 0.500. The van der Waals surface area contributed by atoms with Crippen LogP contribution < -0.4 is 15.0 Å². The Morgan fingerprint density at radius 1 is 0.886 bits per heavy atom. The van der Waals surface area contributed by atoms with E-state index in [0.717, 1.165) is 41.8 Å². The van der Waals surface area contributed by atoms with Crippen molar-refractivity contribution in [2.45, 2.75) is 94.4 Å². The third-order valence-corrected chi connectivity index (χ3v) is 11.6. The van der Waals surface area contributed by atoms with Crippen molar-refractivity contribution in [2.24, 2.45) is 17.8 Å². The van der Waals surface area contributed by atoms with E-state index in [0.29, 0.717) is 11.8 Å². The van der Waals surface area contributed by atoms with Crippen LogP contribution >= 0.6 is 0 Å². The Hall–Kier alpha value is -3.19. The lowest BCUT2D eigenvalue weighted by Gasteiger charge is -2.52. The number of anilines is 1. The Balaban J connectivity index is 1.26. The van der Waals surface area contributed by atoms with Gasteiger partial charge in [-0.25, -0.2) is 0 Å². The molecule has 5 fully saturated rings. The molecule has 1 aliphatic carbocycles. The van der Waals surface area contributed by atoms with Crippen molar-refractivity contribution in [3.63, 3.8) is 0 Å². The Morgan fingerprint density at radius 2 is 1.61 bits per heavy atom. The third-order valence-electron chi connectivity index (χ3n) is 11.6. The predicted molar refractivity (Wildman–Crippen MR) is 171 cm³/mol. The number of fused-ring (bicyclic) bond motifs is 2. The summed E-state index contributed by atoms with van der Waals surface area (Å²) in [5, 5.41) is 3.92. The molecule has 1 saturated carbocycles. The van der Waals surface area contributed by atoms with Crippen molar-refractivity contribution in [1.29, 1.82) is 0 Å². The van der Waals surface area contributed by atoms with E-state index >= 15 is 0 Å². The summed E-state index contributed by atoms with van der Waals surface area (Å²) < 4.78 is 19.6. The van der Waals surface area contributed by atoms with Gasteiger partial charge in [0.25, 0.3) is 0 Å². The minimum absolute atomic E-state index is 0.0304. The van der Waals surface area contributed by atoms with Crippen molar-refractivity contribution in [2.75, 3.05) is 12.0 Å². The van der Waals surface area contributed by atoms with Crippen molar-refractivity contribution in [3.8, 4) is 5.75 Å². The van der Waals surface area contributed by atoms with Crippen LogP contribution in [0.4, 0.5) is 5.69 Å². The van der Waals surface area contributed by atoms with Crippen molar-refractivity contribution < 1.29 is 19.0 Å². The smallest absolute Gasteiger partial charge is 0.234 e. The molecule has 0 unspecified atom stereocenters. The molecule has 8 rings (SSSR count). The summed E-state index contributed by atoms with van der Waals surface area (Å²) in [4.78, 5) is 16.9. The van der Waals surface area contributed by atoms with Gasteiger partial charge in [0.2, 0.25) is 5.91 Å². The van der Waals surface area contributed by atoms with E-state index < -0.39 is 5.60 Å². The minimum atomic E-state index is -0.621. The van der Waals surface area contributed by atoms with Gasteiger partial charge in [0.1, 0.15) is 17.6 Å². The summed E-state index contributed by atoms with van der Waals surface area (Å²) in [6, 6.07) is 26.8. The van der Waals surface area contributed by atoms with Crippen LogP contribution in [0.2, 0.25) is 0 Å². The van der Waals surface area contributed by atoms with Crippen LogP contribution in [-0.2, 0) is 14.3 Å². The molecule has 0 aromatic heterocycles. The van der Waals surface area contributed by atoms with Gasteiger partial charge in [0, 0.05) is 28.6 Å². The second-order valence-electron chi connectivity index (χ2n) is 14.4. The molecule has 4 aliphatic heterocycles. The molecule has 2 bridgehead atoms. The van der Waals surface area contributed by atoms with Gasteiger partial charge in [0.15, 0.2) is 0 Å². The summed E-state index contributed by atoms with van der Waals surface area (Å²) in [5.74, 6) is 1.83. The summed E-state index contributed by atoms with van der Waals surface area (Å²) in [6.45, 7) is 7.02. The van der Waals surface area contributed by atoms with Crippen LogP contribution in [0.3, 0.4) is 0 Å². The molecule has 6 nitrogen and oxygen atoms in total. The first-order valence-corrected chi connectivity index (χ1v) is 16.5. The van der Waals surface area contributed by atoms with Crippen LogP contribution in [0.1, 0.15) is 87.8 Å². The lowest BCUT2D eigenvalue weighted by Crippen LogP contribution is -2.59. The van der Waals surface area contributed by atoms with Crippen molar-refractivity contribution in [1.82, 2.24) is 5.32 Å². The molecule has 4 heterocycles. The Kier molecular flexibility index (Phi) is 6.71. The van der Waals surface area contributed by atoms with Crippen molar-refractivity contribution in [3.05, 3.63) is 95.6 Å². The monoisotopic (exact) mass is 592 g/mol. The highest BCUT2D eigenvalue weighted by Gasteiger charge is 2.72. The van der Waals surface area contributed by atoms with E-state index in [1.807, 2.05) is 35.2 Å². The summed E-state index contributed by atoms with van der Waals surface area (Å²) in [6.07, 6.45) is 5.31. The van der Waals surface area contributed by atoms with Crippen LogP contribution in [0.5, 0.6) is 5.75 Å². The van der Waals surface area contributed by atoms with Gasteiger partial charge in [-0.15, -0.1) is 0 Å². The molecular weight excluding hydrogens is 548 g/mol. The summed E-state index contributed by atoms with van der Waals surface area (Å²) >= 11 is 0. The molecule has 1 N–H and O–H groups in total. The van der Waals surface area contributed by atoms with Gasteiger partial charge in [-0.05, 0) is 80.8 Å². The fourth-order valence-corrected chi connectivity index (χ4v) is 9.61. The predicted octanol–water partition coefficient (Wildman–Crippen LogP) is 7.32. The lowest BCUT2D eigenvalue weighted by atomic mass is 9.67. The molecule has 5 aliphatic rings. The van der Waals surface area contributed by atoms with E-state index in [2.05, 4.69) is 74.6 Å². The number of hydrogen-bond donors (Lipinski definition) is 1. The Bertz CT molecular complexity index is 1540. The van der Waals surface area contributed by atoms with Gasteiger partial charge in [-0.1, -0.05) is 67.9 Å². The first kappa shape index (κ1) is 28.3. The molecule has 3 aromatic rings. The van der Waals surface area contributed by atoms with Gasteiger partial charge < -0.3 is 19.1 Å². The highest BCUT2D eigenvalue weighted by atomic mass is 16.5. The maximum atomic E-state index is 14.9. The average molecular weight is 593 g/mol. The van der Waals surface area contributed by atoms with Gasteiger partial charge in [-0.2, -0.15) is 0 Å². The van der Waals surface area contributed by atoms with E-state index in [1.54, 1.807) is 7.11 Å². The lowest BCUT2D eigenvalue weighted by molar-refractivity contribution is -0.157. The number of amides is 1. The average Bonchev–Trinajstić information content (AvgIpc) is 3.68. The maximum absolute atomic E-state index is 14.9. The largest absolute Gasteiger partial charge is 0.497 e. The first-order valence-electron chi connectivity index (χ1n) is 16.5. The third kappa shape index (κ3) is 4.21. The number of benzene rings is 3. The zero-order chi connectivity index (χ0) is 30.2. The highest BCUT2D eigenvalue weighted by Crippen LogP contribution is 2.66. The molecule has 44 heavy (non-hydrogen) atoms. The number of carbonyl (C=O) groups is 1. The van der Waals surface area contributed by atoms with E-state index in [4.69, 9.17) is 14.2 Å². The second kappa shape index (κ2) is 10.4. The van der Waals surface area contributed by atoms with E-state index in [1.165, 1.54) is 18.4 Å². The van der Waals surface area contributed by atoms with Crippen LogP contribution in [0.15, 0.2) is 78.9 Å². The van der Waals surface area contributed by atoms with Crippen LogP contribution in [0, 0.1) is 17.8 Å². The quantitative estimate of drug-likeness (QED) is 0.337. The fourth-order valence-electron chi connectivity index (χ4n) is 9.61. The Labute approximate surface area is 261 Å².